The van der Waals surface area contributed by atoms with Crippen molar-refractivity contribution in [1.82, 2.24) is 15.5 Å². The Bertz CT molecular complexity index is 247. The van der Waals surface area contributed by atoms with E-state index in [-0.39, 0.29) is 29.6 Å². The van der Waals surface area contributed by atoms with Gasteiger partial charge < -0.3 is 20.3 Å². The molecule has 0 aliphatic rings. The molecule has 6 heteroatoms. The molecule has 0 aliphatic heterocycles. The monoisotopic (exact) mass is 386 g/mol. The van der Waals surface area contributed by atoms with Gasteiger partial charge in [0.25, 0.3) is 0 Å². The van der Waals surface area contributed by atoms with Gasteiger partial charge in [-0.3, -0.25) is 4.99 Å². The third kappa shape index (κ3) is 11.4. The Morgan fingerprint density at radius 3 is 2.37 bits per heavy atom. The lowest BCUT2D eigenvalue weighted by molar-refractivity contribution is 0.0310. The van der Waals surface area contributed by atoms with Crippen molar-refractivity contribution >= 4 is 29.9 Å². The average Bonchev–Trinajstić information content (AvgIpc) is 2.35. The summed E-state index contributed by atoms with van der Waals surface area (Å²) in [6.07, 6.45) is 0. The molecule has 0 saturated heterocycles. The standard InChI is InChI=1S/C13H30N4O.HI/c1-7-14-12(15-9-10-17(5)8-2)16-11-13(3,4)18-6;/h7-11H2,1-6H3,(H2,14,15,16);1H. The number of aliphatic imine (C=N–C) groups is 1. The first-order valence-electron chi connectivity index (χ1n) is 6.71. The summed E-state index contributed by atoms with van der Waals surface area (Å²) in [5.41, 5.74) is -0.220. The smallest absolute Gasteiger partial charge is 0.191 e. The molecule has 0 saturated carbocycles. The molecule has 0 fully saturated rings. The van der Waals surface area contributed by atoms with E-state index in [1.165, 1.54) is 0 Å². The fraction of sp³-hybridized carbons (Fsp3) is 0.923. The number of guanidine groups is 1. The quantitative estimate of drug-likeness (QED) is 0.378. The van der Waals surface area contributed by atoms with Crippen LogP contribution in [0, 0.1) is 0 Å². The highest BCUT2D eigenvalue weighted by Crippen LogP contribution is 2.06. The molecule has 19 heavy (non-hydrogen) atoms. The van der Waals surface area contributed by atoms with E-state index < -0.39 is 0 Å². The Hall–Kier alpha value is -0.0800. The molecule has 0 unspecified atom stereocenters. The van der Waals surface area contributed by atoms with Gasteiger partial charge in [0, 0.05) is 26.7 Å². The highest BCUT2D eigenvalue weighted by atomic mass is 127. The van der Waals surface area contributed by atoms with Crippen LogP contribution in [0.2, 0.25) is 0 Å². The van der Waals surface area contributed by atoms with Gasteiger partial charge in [-0.1, -0.05) is 6.92 Å². The minimum absolute atomic E-state index is 0. The van der Waals surface area contributed by atoms with E-state index in [0.717, 1.165) is 32.1 Å². The summed E-state index contributed by atoms with van der Waals surface area (Å²) >= 11 is 0. The fourth-order valence-corrected chi connectivity index (χ4v) is 1.20. The summed E-state index contributed by atoms with van der Waals surface area (Å²) < 4.78 is 5.36. The average molecular weight is 386 g/mol. The second-order valence-electron chi connectivity index (χ2n) is 4.98. The number of methoxy groups -OCH3 is 1. The molecule has 0 atom stereocenters. The molecule has 116 valence electrons. The van der Waals surface area contributed by atoms with Crippen molar-refractivity contribution in [3.8, 4) is 0 Å². The topological polar surface area (TPSA) is 48.9 Å². The third-order valence-electron chi connectivity index (χ3n) is 2.84. The summed E-state index contributed by atoms with van der Waals surface area (Å²) in [7, 11) is 3.83. The Morgan fingerprint density at radius 2 is 1.89 bits per heavy atom. The first kappa shape index (κ1) is 21.2. The lowest BCUT2D eigenvalue weighted by atomic mass is 10.1. The lowest BCUT2D eigenvalue weighted by Gasteiger charge is -2.21. The summed E-state index contributed by atoms with van der Waals surface area (Å²) in [4.78, 5) is 6.79. The maximum Gasteiger partial charge on any atom is 0.191 e. The van der Waals surface area contributed by atoms with Crippen LogP contribution in [0.4, 0.5) is 0 Å². The molecular formula is C13H31IN4O. The van der Waals surface area contributed by atoms with E-state index in [0.29, 0.717) is 6.54 Å². The molecule has 0 aliphatic carbocycles. The van der Waals surface area contributed by atoms with Crippen LogP contribution >= 0.6 is 24.0 Å². The number of likely N-dealkylation sites (N-methyl/N-ethyl adjacent to an activating group) is 1. The highest BCUT2D eigenvalue weighted by Gasteiger charge is 2.15. The number of nitrogens with zero attached hydrogens (tertiary/aromatic N) is 2. The lowest BCUT2D eigenvalue weighted by Crippen LogP contribution is -2.42. The van der Waals surface area contributed by atoms with Crippen LogP contribution in [-0.2, 0) is 4.74 Å². The second-order valence-corrected chi connectivity index (χ2v) is 4.98. The number of nitrogens with one attached hydrogen (secondary N) is 2. The molecule has 0 aromatic rings. The van der Waals surface area contributed by atoms with Crippen LogP contribution in [0.15, 0.2) is 4.99 Å². The van der Waals surface area contributed by atoms with Crippen molar-refractivity contribution in [2.24, 2.45) is 4.99 Å². The van der Waals surface area contributed by atoms with Gasteiger partial charge >= 0.3 is 0 Å². The maximum absolute atomic E-state index is 5.36. The van der Waals surface area contributed by atoms with E-state index >= 15 is 0 Å². The molecular weight excluding hydrogens is 355 g/mol. The van der Waals surface area contributed by atoms with Crippen LogP contribution in [0.1, 0.15) is 27.7 Å². The molecule has 0 amide bonds. The Labute approximate surface area is 135 Å². The minimum atomic E-state index is -0.220. The number of ether oxygens (including phenoxy) is 1. The predicted octanol–water partition coefficient (Wildman–Crippen LogP) is 1.54. The largest absolute Gasteiger partial charge is 0.377 e. The second kappa shape index (κ2) is 11.7. The zero-order chi connectivity index (χ0) is 14.0. The molecule has 0 bridgehead atoms. The molecule has 0 aromatic carbocycles. The van der Waals surface area contributed by atoms with E-state index in [1.54, 1.807) is 7.11 Å². The van der Waals surface area contributed by atoms with E-state index in [2.05, 4.69) is 41.4 Å². The maximum atomic E-state index is 5.36. The molecule has 0 spiro atoms. The van der Waals surface area contributed by atoms with Gasteiger partial charge in [-0.15, -0.1) is 24.0 Å². The number of hydrogen-bond acceptors (Lipinski definition) is 3. The van der Waals surface area contributed by atoms with Crippen LogP contribution in [0.5, 0.6) is 0 Å². The number of halogens is 1. The van der Waals surface area contributed by atoms with Crippen molar-refractivity contribution in [3.63, 3.8) is 0 Å². The third-order valence-corrected chi connectivity index (χ3v) is 2.84. The molecule has 0 heterocycles. The van der Waals surface area contributed by atoms with E-state index in [9.17, 15) is 0 Å². The van der Waals surface area contributed by atoms with Crippen molar-refractivity contribution in [2.75, 3.05) is 46.9 Å². The first-order valence-corrected chi connectivity index (χ1v) is 6.71. The van der Waals surface area contributed by atoms with Gasteiger partial charge in [-0.2, -0.15) is 0 Å². The van der Waals surface area contributed by atoms with Crippen molar-refractivity contribution < 1.29 is 4.74 Å². The Morgan fingerprint density at radius 1 is 1.26 bits per heavy atom. The van der Waals surface area contributed by atoms with Gasteiger partial charge in [0.15, 0.2) is 5.96 Å². The fourth-order valence-electron chi connectivity index (χ4n) is 1.20. The van der Waals surface area contributed by atoms with Crippen molar-refractivity contribution in [2.45, 2.75) is 33.3 Å². The van der Waals surface area contributed by atoms with Gasteiger partial charge in [-0.25, -0.2) is 0 Å². The Kier molecular flexibility index (Phi) is 13.1. The zero-order valence-electron chi connectivity index (χ0n) is 13.2. The summed E-state index contributed by atoms with van der Waals surface area (Å²) in [5.74, 6) is 0.854. The van der Waals surface area contributed by atoms with Crippen LogP contribution in [-0.4, -0.2) is 63.3 Å². The Balaban J connectivity index is 0. The highest BCUT2D eigenvalue weighted by molar-refractivity contribution is 14.0. The molecule has 0 radical (unpaired) electrons. The number of rotatable bonds is 8. The minimum Gasteiger partial charge on any atom is -0.377 e. The predicted molar refractivity (Wildman–Crippen MR) is 93.7 cm³/mol. The SMILES string of the molecule is CCNC(=NCC(C)(C)OC)NCCN(C)CC.I. The molecule has 0 aromatic heterocycles. The summed E-state index contributed by atoms with van der Waals surface area (Å²) in [5, 5.41) is 6.56. The van der Waals surface area contributed by atoms with Gasteiger partial charge in [0.2, 0.25) is 0 Å². The van der Waals surface area contributed by atoms with Crippen LogP contribution < -0.4 is 10.6 Å². The molecule has 2 N–H and O–H groups in total. The first-order chi connectivity index (χ1) is 8.45. The summed E-state index contributed by atoms with van der Waals surface area (Å²) in [6, 6.07) is 0. The van der Waals surface area contributed by atoms with Gasteiger partial charge in [0.1, 0.15) is 0 Å². The van der Waals surface area contributed by atoms with Crippen molar-refractivity contribution in [3.05, 3.63) is 0 Å². The van der Waals surface area contributed by atoms with Gasteiger partial charge in [0.05, 0.1) is 12.1 Å². The van der Waals surface area contributed by atoms with Crippen LogP contribution in [0.3, 0.4) is 0 Å². The number of hydrogen-bond donors (Lipinski definition) is 2. The van der Waals surface area contributed by atoms with Gasteiger partial charge in [-0.05, 0) is 34.4 Å². The molecule has 0 rings (SSSR count). The van der Waals surface area contributed by atoms with E-state index in [4.69, 9.17) is 4.74 Å². The van der Waals surface area contributed by atoms with Crippen molar-refractivity contribution in [1.29, 1.82) is 0 Å². The summed E-state index contributed by atoms with van der Waals surface area (Å²) in [6.45, 7) is 12.8. The van der Waals surface area contributed by atoms with Crippen LogP contribution in [0.25, 0.3) is 0 Å². The zero-order valence-corrected chi connectivity index (χ0v) is 15.6. The molecule has 5 nitrogen and oxygen atoms in total. The normalized spacial score (nSPS) is 12.3. The van der Waals surface area contributed by atoms with E-state index in [1.807, 2.05) is 13.8 Å².